The van der Waals surface area contributed by atoms with E-state index < -0.39 is 36.1 Å². The number of carboxylic acid groups (broad SMARTS) is 1. The summed E-state index contributed by atoms with van der Waals surface area (Å²) in [6.45, 7) is 0.299. The van der Waals surface area contributed by atoms with Crippen LogP contribution >= 0.6 is 0 Å². The minimum atomic E-state index is -1.07. The van der Waals surface area contributed by atoms with E-state index in [9.17, 15) is 14.4 Å². The van der Waals surface area contributed by atoms with E-state index in [0.29, 0.717) is 25.9 Å². The Labute approximate surface area is 97.1 Å². The van der Waals surface area contributed by atoms with E-state index in [1.165, 1.54) is 0 Å². The molecule has 0 aromatic rings. The van der Waals surface area contributed by atoms with Crippen LogP contribution in [-0.2, 0) is 23.9 Å². The van der Waals surface area contributed by atoms with Crippen LogP contribution in [0.4, 0.5) is 0 Å². The van der Waals surface area contributed by atoms with Gasteiger partial charge in [-0.25, -0.2) is 9.59 Å². The van der Waals surface area contributed by atoms with Gasteiger partial charge < -0.3 is 19.9 Å². The number of rotatable bonds is 3. The highest BCUT2D eigenvalue weighted by molar-refractivity contribution is 5.88. The third kappa shape index (κ3) is 2.55. The summed E-state index contributed by atoms with van der Waals surface area (Å²) in [4.78, 5) is 33.4. The number of esters is 1. The zero-order valence-corrected chi connectivity index (χ0v) is 9.05. The van der Waals surface area contributed by atoms with Gasteiger partial charge in [0.2, 0.25) is 5.91 Å². The highest BCUT2D eigenvalue weighted by Gasteiger charge is 2.37. The summed E-state index contributed by atoms with van der Waals surface area (Å²) in [5.74, 6) is -1.97. The van der Waals surface area contributed by atoms with Crippen molar-refractivity contribution in [1.29, 1.82) is 0 Å². The molecular weight excluding hydrogens is 230 g/mol. The summed E-state index contributed by atoms with van der Waals surface area (Å²) in [5, 5.41) is 11.2. The Morgan fingerprint density at radius 1 is 1.24 bits per heavy atom. The molecule has 1 amide bonds. The first kappa shape index (κ1) is 11.8. The molecule has 0 aromatic heterocycles. The van der Waals surface area contributed by atoms with E-state index in [-0.39, 0.29) is 0 Å². The van der Waals surface area contributed by atoms with Gasteiger partial charge in [-0.2, -0.15) is 0 Å². The van der Waals surface area contributed by atoms with Crippen molar-refractivity contribution in [2.75, 3.05) is 6.61 Å². The van der Waals surface area contributed by atoms with Gasteiger partial charge >= 0.3 is 11.9 Å². The van der Waals surface area contributed by atoms with Crippen molar-refractivity contribution < 1.29 is 29.0 Å². The Morgan fingerprint density at radius 2 is 1.94 bits per heavy atom. The SMILES string of the molecule is O=C1OCCC1NC(=O)[C@@H]1CC[C@H](C(=O)O)O1. The number of hydrogen-bond donors (Lipinski definition) is 2. The molecule has 1 unspecified atom stereocenters. The lowest BCUT2D eigenvalue weighted by molar-refractivity contribution is -0.152. The van der Waals surface area contributed by atoms with Gasteiger partial charge in [-0.15, -0.1) is 0 Å². The second-order valence-electron chi connectivity index (χ2n) is 4.05. The van der Waals surface area contributed by atoms with Gasteiger partial charge in [0.05, 0.1) is 6.61 Å². The van der Waals surface area contributed by atoms with Crippen molar-refractivity contribution in [3.05, 3.63) is 0 Å². The lowest BCUT2D eigenvalue weighted by atomic mass is 10.1. The topological polar surface area (TPSA) is 102 Å². The molecule has 2 heterocycles. The molecule has 7 heteroatoms. The van der Waals surface area contributed by atoms with Gasteiger partial charge in [0.15, 0.2) is 6.10 Å². The Bertz CT molecular complexity index is 355. The Kier molecular flexibility index (Phi) is 3.28. The molecular formula is C10H13NO6. The van der Waals surface area contributed by atoms with Crippen molar-refractivity contribution in [2.24, 2.45) is 0 Å². The zero-order valence-electron chi connectivity index (χ0n) is 9.05. The van der Waals surface area contributed by atoms with Gasteiger partial charge in [-0.05, 0) is 12.8 Å². The Hall–Kier alpha value is -1.63. The van der Waals surface area contributed by atoms with Crippen LogP contribution in [0.5, 0.6) is 0 Å². The highest BCUT2D eigenvalue weighted by atomic mass is 16.5. The number of cyclic esters (lactones) is 1. The first-order valence-electron chi connectivity index (χ1n) is 5.43. The molecule has 2 fully saturated rings. The van der Waals surface area contributed by atoms with Gasteiger partial charge in [-0.3, -0.25) is 4.79 Å². The predicted molar refractivity (Wildman–Crippen MR) is 53.0 cm³/mol. The van der Waals surface area contributed by atoms with Crippen LogP contribution in [0.2, 0.25) is 0 Å². The molecule has 7 nitrogen and oxygen atoms in total. The second kappa shape index (κ2) is 4.70. The first-order chi connectivity index (χ1) is 8.08. The molecule has 2 saturated heterocycles. The number of hydrogen-bond acceptors (Lipinski definition) is 5. The van der Waals surface area contributed by atoms with Gasteiger partial charge in [-0.1, -0.05) is 0 Å². The molecule has 2 aliphatic heterocycles. The third-order valence-electron chi connectivity index (χ3n) is 2.84. The molecule has 2 aliphatic rings. The van der Waals surface area contributed by atoms with E-state index in [1.807, 2.05) is 0 Å². The molecule has 3 atom stereocenters. The normalized spacial score (nSPS) is 32.2. The van der Waals surface area contributed by atoms with Crippen molar-refractivity contribution in [3.8, 4) is 0 Å². The van der Waals surface area contributed by atoms with E-state index in [4.69, 9.17) is 14.6 Å². The second-order valence-corrected chi connectivity index (χ2v) is 4.05. The number of carbonyl (C=O) groups excluding carboxylic acids is 2. The lowest BCUT2D eigenvalue weighted by Crippen LogP contribution is -2.43. The number of carboxylic acids is 1. The van der Waals surface area contributed by atoms with E-state index in [0.717, 1.165) is 0 Å². The van der Waals surface area contributed by atoms with Crippen LogP contribution in [0.15, 0.2) is 0 Å². The number of aliphatic carboxylic acids is 1. The van der Waals surface area contributed by atoms with Gasteiger partial charge in [0.1, 0.15) is 12.1 Å². The van der Waals surface area contributed by atoms with Gasteiger partial charge in [0, 0.05) is 6.42 Å². The van der Waals surface area contributed by atoms with Crippen molar-refractivity contribution in [2.45, 2.75) is 37.5 Å². The van der Waals surface area contributed by atoms with E-state index >= 15 is 0 Å². The molecule has 0 spiro atoms. The summed E-state index contributed by atoms with van der Waals surface area (Å²) >= 11 is 0. The summed E-state index contributed by atoms with van der Waals surface area (Å²) in [5.41, 5.74) is 0. The molecule has 94 valence electrons. The largest absolute Gasteiger partial charge is 0.479 e. The van der Waals surface area contributed by atoms with E-state index in [2.05, 4.69) is 5.32 Å². The zero-order chi connectivity index (χ0) is 12.4. The number of amides is 1. The highest BCUT2D eigenvalue weighted by Crippen LogP contribution is 2.20. The smallest absolute Gasteiger partial charge is 0.332 e. The van der Waals surface area contributed by atoms with Crippen molar-refractivity contribution >= 4 is 17.8 Å². The Balaban J connectivity index is 1.85. The van der Waals surface area contributed by atoms with Crippen LogP contribution in [0.25, 0.3) is 0 Å². The molecule has 0 aliphatic carbocycles. The van der Waals surface area contributed by atoms with Crippen molar-refractivity contribution in [1.82, 2.24) is 5.32 Å². The van der Waals surface area contributed by atoms with Crippen molar-refractivity contribution in [3.63, 3.8) is 0 Å². The van der Waals surface area contributed by atoms with Crippen LogP contribution < -0.4 is 5.32 Å². The Morgan fingerprint density at radius 3 is 2.47 bits per heavy atom. The molecule has 0 saturated carbocycles. The maximum atomic E-state index is 11.7. The molecule has 2 rings (SSSR count). The third-order valence-corrected chi connectivity index (χ3v) is 2.84. The maximum absolute atomic E-state index is 11.7. The fraction of sp³-hybridized carbons (Fsp3) is 0.700. The average Bonchev–Trinajstić information content (AvgIpc) is 2.88. The summed E-state index contributed by atoms with van der Waals surface area (Å²) in [6, 6.07) is -0.630. The fourth-order valence-corrected chi connectivity index (χ4v) is 1.90. The van der Waals surface area contributed by atoms with Crippen LogP contribution in [-0.4, -0.2) is 47.8 Å². The minimum absolute atomic E-state index is 0.299. The number of nitrogens with one attached hydrogen (secondary N) is 1. The standard InChI is InChI=1S/C10H13NO6/c12-8(11-5-3-4-16-10(5)15)6-1-2-7(17-6)9(13)14/h5-7H,1-4H2,(H,11,12)(H,13,14)/t5?,6-,7+/m0/s1. The quantitative estimate of drug-likeness (QED) is 0.620. The molecule has 0 radical (unpaired) electrons. The predicted octanol–water partition coefficient (Wildman–Crippen LogP) is -0.950. The number of ether oxygens (including phenoxy) is 2. The molecule has 2 N–H and O–H groups in total. The molecule has 0 bridgehead atoms. The monoisotopic (exact) mass is 243 g/mol. The fourth-order valence-electron chi connectivity index (χ4n) is 1.90. The lowest BCUT2D eigenvalue weighted by Gasteiger charge is -2.13. The molecule has 0 aromatic carbocycles. The average molecular weight is 243 g/mol. The maximum Gasteiger partial charge on any atom is 0.332 e. The van der Waals surface area contributed by atoms with Crippen LogP contribution in [0.3, 0.4) is 0 Å². The summed E-state index contributed by atoms with van der Waals surface area (Å²) in [6.07, 6.45) is -0.613. The first-order valence-corrected chi connectivity index (χ1v) is 5.43. The minimum Gasteiger partial charge on any atom is -0.479 e. The number of carbonyl (C=O) groups is 3. The molecule has 17 heavy (non-hydrogen) atoms. The van der Waals surface area contributed by atoms with Crippen LogP contribution in [0.1, 0.15) is 19.3 Å². The van der Waals surface area contributed by atoms with Gasteiger partial charge in [0.25, 0.3) is 0 Å². The summed E-state index contributed by atoms with van der Waals surface area (Å²) < 4.78 is 9.77. The van der Waals surface area contributed by atoms with Crippen LogP contribution in [0, 0.1) is 0 Å². The summed E-state index contributed by atoms with van der Waals surface area (Å²) in [7, 11) is 0. The van der Waals surface area contributed by atoms with E-state index in [1.54, 1.807) is 0 Å².